The maximum Gasteiger partial charge on any atom is 0.241 e. The number of rotatable bonds is 7. The Bertz CT molecular complexity index is 539. The van der Waals surface area contributed by atoms with E-state index in [9.17, 15) is 0 Å². The summed E-state index contributed by atoms with van der Waals surface area (Å²) in [6.45, 7) is 4.22. The number of nitrogens with zero attached hydrogens (tertiary/aromatic N) is 3. The van der Waals surface area contributed by atoms with Gasteiger partial charge in [0.2, 0.25) is 11.7 Å². The third kappa shape index (κ3) is 3.79. The monoisotopic (exact) mass is 295 g/mol. The van der Waals surface area contributed by atoms with Gasteiger partial charge in [-0.2, -0.15) is 4.98 Å². The maximum absolute atomic E-state index is 9.04. The number of hydrogen-bond donors (Lipinski definition) is 1. The summed E-state index contributed by atoms with van der Waals surface area (Å²) in [6.07, 6.45) is 1.01. The van der Waals surface area contributed by atoms with Crippen molar-refractivity contribution < 1.29 is 9.63 Å². The zero-order chi connectivity index (χ0) is 14.4. The number of hydrogen-bond acceptors (Lipinski definition) is 5. The molecule has 0 saturated heterocycles. The predicted octanol–water partition coefficient (Wildman–Crippen LogP) is 2.59. The van der Waals surface area contributed by atoms with E-state index in [1.807, 2.05) is 18.2 Å². The van der Waals surface area contributed by atoms with Gasteiger partial charge in [0, 0.05) is 12.1 Å². The third-order valence-electron chi connectivity index (χ3n) is 2.90. The molecule has 0 aliphatic rings. The van der Waals surface area contributed by atoms with Crippen molar-refractivity contribution in [3.63, 3.8) is 0 Å². The van der Waals surface area contributed by atoms with Crippen LogP contribution in [-0.4, -0.2) is 39.8 Å². The molecule has 0 radical (unpaired) electrons. The number of aliphatic hydroxyl groups excluding tert-OH is 1. The van der Waals surface area contributed by atoms with Crippen molar-refractivity contribution in [1.29, 1.82) is 0 Å². The maximum atomic E-state index is 9.04. The van der Waals surface area contributed by atoms with Gasteiger partial charge in [-0.3, -0.25) is 4.90 Å². The number of aliphatic hydroxyl groups is 1. The fraction of sp³-hybridized carbons (Fsp3) is 0.429. The molecule has 0 aliphatic heterocycles. The molecule has 6 heteroatoms. The second-order valence-electron chi connectivity index (χ2n) is 4.49. The van der Waals surface area contributed by atoms with E-state index in [-0.39, 0.29) is 6.61 Å². The number of aromatic nitrogens is 2. The highest BCUT2D eigenvalue weighted by atomic mass is 35.5. The molecule has 1 aromatic heterocycles. The van der Waals surface area contributed by atoms with Crippen molar-refractivity contribution >= 4 is 11.6 Å². The van der Waals surface area contributed by atoms with E-state index in [0.717, 1.165) is 18.5 Å². The topological polar surface area (TPSA) is 62.4 Å². The average molecular weight is 296 g/mol. The van der Waals surface area contributed by atoms with Crippen LogP contribution in [-0.2, 0) is 6.54 Å². The molecule has 5 nitrogen and oxygen atoms in total. The summed E-state index contributed by atoms with van der Waals surface area (Å²) in [5.41, 5.74) is 0.758. The molecule has 2 aromatic rings. The lowest BCUT2D eigenvalue weighted by atomic mass is 10.2. The first-order valence-corrected chi connectivity index (χ1v) is 7.03. The Hall–Kier alpha value is -1.43. The van der Waals surface area contributed by atoms with Crippen molar-refractivity contribution in [1.82, 2.24) is 15.0 Å². The van der Waals surface area contributed by atoms with E-state index in [0.29, 0.717) is 29.8 Å². The largest absolute Gasteiger partial charge is 0.395 e. The predicted molar refractivity (Wildman–Crippen MR) is 77.4 cm³/mol. The van der Waals surface area contributed by atoms with Crippen LogP contribution in [0.5, 0.6) is 0 Å². The van der Waals surface area contributed by atoms with Crippen LogP contribution in [0.3, 0.4) is 0 Å². The highest BCUT2D eigenvalue weighted by molar-refractivity contribution is 6.33. The molecule has 108 valence electrons. The van der Waals surface area contributed by atoms with Crippen molar-refractivity contribution in [3.8, 4) is 11.4 Å². The Morgan fingerprint density at radius 1 is 1.30 bits per heavy atom. The summed E-state index contributed by atoms with van der Waals surface area (Å²) in [4.78, 5) is 6.43. The minimum absolute atomic E-state index is 0.117. The zero-order valence-electron chi connectivity index (χ0n) is 11.4. The molecule has 0 saturated carbocycles. The first-order chi connectivity index (χ1) is 9.74. The molecule has 20 heavy (non-hydrogen) atoms. The van der Waals surface area contributed by atoms with Gasteiger partial charge in [-0.15, -0.1) is 0 Å². The molecule has 2 rings (SSSR count). The molecule has 0 bridgehead atoms. The van der Waals surface area contributed by atoms with Gasteiger partial charge in [0.05, 0.1) is 18.2 Å². The van der Waals surface area contributed by atoms with Crippen LogP contribution in [0, 0.1) is 0 Å². The van der Waals surface area contributed by atoms with Crippen molar-refractivity contribution in [3.05, 3.63) is 35.2 Å². The van der Waals surface area contributed by atoms with Crippen LogP contribution < -0.4 is 0 Å². The number of benzene rings is 1. The lowest BCUT2D eigenvalue weighted by molar-refractivity contribution is 0.174. The van der Waals surface area contributed by atoms with Gasteiger partial charge in [0.25, 0.3) is 0 Å². The normalized spacial score (nSPS) is 11.2. The van der Waals surface area contributed by atoms with E-state index in [2.05, 4.69) is 22.0 Å². The van der Waals surface area contributed by atoms with Gasteiger partial charge in [-0.1, -0.05) is 35.8 Å². The molecule has 0 fully saturated rings. The Kier molecular flexibility index (Phi) is 5.52. The van der Waals surface area contributed by atoms with Gasteiger partial charge in [0.1, 0.15) is 0 Å². The molecule has 1 N–H and O–H groups in total. The molecule has 0 atom stereocenters. The van der Waals surface area contributed by atoms with Crippen LogP contribution >= 0.6 is 11.6 Å². The van der Waals surface area contributed by atoms with E-state index in [4.69, 9.17) is 21.2 Å². The Labute approximate surface area is 123 Å². The van der Waals surface area contributed by atoms with Gasteiger partial charge < -0.3 is 9.63 Å². The van der Waals surface area contributed by atoms with Crippen molar-refractivity contribution in [2.24, 2.45) is 0 Å². The van der Waals surface area contributed by atoms with Crippen LogP contribution in [0.25, 0.3) is 11.4 Å². The molecular formula is C14H18ClN3O2. The van der Waals surface area contributed by atoms with Crippen molar-refractivity contribution in [2.75, 3.05) is 19.7 Å². The summed E-state index contributed by atoms with van der Waals surface area (Å²) in [5, 5.41) is 13.6. The fourth-order valence-electron chi connectivity index (χ4n) is 1.99. The summed E-state index contributed by atoms with van der Waals surface area (Å²) in [6, 6.07) is 7.39. The Balaban J connectivity index is 2.10. The second-order valence-corrected chi connectivity index (χ2v) is 4.90. The zero-order valence-corrected chi connectivity index (χ0v) is 12.2. The summed E-state index contributed by atoms with van der Waals surface area (Å²) in [5.74, 6) is 1.02. The van der Waals surface area contributed by atoms with Crippen LogP contribution in [0.2, 0.25) is 5.02 Å². The van der Waals surface area contributed by atoms with Gasteiger partial charge in [0.15, 0.2) is 0 Å². The van der Waals surface area contributed by atoms with E-state index in [1.54, 1.807) is 6.07 Å². The molecule has 0 aliphatic carbocycles. The van der Waals surface area contributed by atoms with E-state index >= 15 is 0 Å². The van der Waals surface area contributed by atoms with Crippen molar-refractivity contribution in [2.45, 2.75) is 19.9 Å². The van der Waals surface area contributed by atoms with Gasteiger partial charge in [-0.05, 0) is 25.1 Å². The molecule has 0 unspecified atom stereocenters. The lowest BCUT2D eigenvalue weighted by Crippen LogP contribution is -2.27. The van der Waals surface area contributed by atoms with Crippen LogP contribution in [0.15, 0.2) is 28.8 Å². The average Bonchev–Trinajstić information content (AvgIpc) is 2.88. The molecule has 1 aromatic carbocycles. The molecule has 0 spiro atoms. The summed E-state index contributed by atoms with van der Waals surface area (Å²) < 4.78 is 5.25. The quantitative estimate of drug-likeness (QED) is 0.850. The summed E-state index contributed by atoms with van der Waals surface area (Å²) in [7, 11) is 0. The van der Waals surface area contributed by atoms with Crippen LogP contribution in [0.4, 0.5) is 0 Å². The SMILES string of the molecule is CCCN(CCO)Cc1nc(-c2ccccc2Cl)no1. The number of halogens is 1. The third-order valence-corrected chi connectivity index (χ3v) is 3.23. The van der Waals surface area contributed by atoms with Gasteiger partial charge >= 0.3 is 0 Å². The lowest BCUT2D eigenvalue weighted by Gasteiger charge is -2.17. The first kappa shape index (κ1) is 15.0. The molecule has 0 amide bonds. The highest BCUT2D eigenvalue weighted by Gasteiger charge is 2.13. The smallest absolute Gasteiger partial charge is 0.241 e. The standard InChI is InChI=1S/C14H18ClN3O2/c1-2-7-18(8-9-19)10-13-16-14(17-20-13)11-5-3-4-6-12(11)15/h3-6,19H,2,7-10H2,1H3. The van der Waals surface area contributed by atoms with E-state index in [1.165, 1.54) is 0 Å². The Morgan fingerprint density at radius 3 is 2.80 bits per heavy atom. The molecule has 1 heterocycles. The van der Waals surface area contributed by atoms with Gasteiger partial charge in [-0.25, -0.2) is 0 Å². The highest BCUT2D eigenvalue weighted by Crippen LogP contribution is 2.24. The van der Waals surface area contributed by atoms with E-state index < -0.39 is 0 Å². The van der Waals surface area contributed by atoms with Crippen LogP contribution in [0.1, 0.15) is 19.2 Å². The fourth-order valence-corrected chi connectivity index (χ4v) is 2.21. The Morgan fingerprint density at radius 2 is 2.10 bits per heavy atom. The minimum Gasteiger partial charge on any atom is -0.395 e. The second kappa shape index (κ2) is 7.38. The minimum atomic E-state index is 0.117. The first-order valence-electron chi connectivity index (χ1n) is 6.65. The summed E-state index contributed by atoms with van der Waals surface area (Å²) >= 11 is 6.11. The molecular weight excluding hydrogens is 278 g/mol.